The highest BCUT2D eigenvalue weighted by atomic mass is 32.1. The molecule has 3 heterocycles. The van der Waals surface area contributed by atoms with E-state index in [1.165, 1.54) is 20.9 Å². The van der Waals surface area contributed by atoms with Gasteiger partial charge in [-0.1, -0.05) is 51.2 Å². The van der Waals surface area contributed by atoms with Crippen LogP contribution in [0.4, 0.5) is 5.13 Å². The molecule has 166 valence electrons. The molecular formula is C21H28N6O2S2. The molecule has 3 aromatic rings. The van der Waals surface area contributed by atoms with E-state index < -0.39 is 6.04 Å². The zero-order valence-electron chi connectivity index (χ0n) is 18.6. The Morgan fingerprint density at radius 2 is 2.00 bits per heavy atom. The molecule has 0 aliphatic heterocycles. The standard InChI is InChI=1S/C21H28N6O2S2/c1-6-13(17(28)22-20-25-23-15(7-2)31-20)27-19(29)16-12-9-8-11(21(3,4)5)10-14(12)30-18(16)24-26-27/h11,13H,6-10H2,1-5H3,(H,22,25,28). The maximum Gasteiger partial charge on any atom is 0.279 e. The van der Waals surface area contributed by atoms with E-state index in [0.717, 1.165) is 36.3 Å². The fourth-order valence-corrected chi connectivity index (χ4v) is 6.07. The van der Waals surface area contributed by atoms with E-state index in [-0.39, 0.29) is 16.9 Å². The van der Waals surface area contributed by atoms with E-state index in [0.29, 0.717) is 27.7 Å². The summed E-state index contributed by atoms with van der Waals surface area (Å²) in [5.41, 5.74) is 1.10. The summed E-state index contributed by atoms with van der Waals surface area (Å²) in [4.78, 5) is 28.2. The number of carbonyl (C=O) groups excluding carboxylic acids is 1. The second-order valence-electron chi connectivity index (χ2n) is 9.10. The van der Waals surface area contributed by atoms with Crippen molar-refractivity contribution in [2.24, 2.45) is 11.3 Å². The third-order valence-electron chi connectivity index (χ3n) is 6.11. The molecule has 0 aromatic carbocycles. The van der Waals surface area contributed by atoms with Crippen LogP contribution in [0, 0.1) is 11.3 Å². The molecule has 1 amide bonds. The SMILES string of the molecule is CCc1nnc(NC(=O)C(CC)n2nnc3sc4c(c3c2=O)CCC(C(C)(C)C)C4)s1. The van der Waals surface area contributed by atoms with Crippen molar-refractivity contribution in [1.29, 1.82) is 0 Å². The number of rotatable bonds is 5. The Bertz CT molecular complexity index is 1170. The number of nitrogens with one attached hydrogen (secondary N) is 1. The second-order valence-corrected chi connectivity index (χ2v) is 11.2. The number of amides is 1. The van der Waals surface area contributed by atoms with Gasteiger partial charge in [0.1, 0.15) is 11.0 Å². The lowest BCUT2D eigenvalue weighted by Crippen LogP contribution is -2.35. The maximum absolute atomic E-state index is 13.4. The lowest BCUT2D eigenvalue weighted by Gasteiger charge is -2.33. The van der Waals surface area contributed by atoms with Gasteiger partial charge in [0.2, 0.25) is 5.13 Å². The first kappa shape index (κ1) is 22.0. The average molecular weight is 461 g/mol. The van der Waals surface area contributed by atoms with E-state index in [9.17, 15) is 9.59 Å². The molecule has 31 heavy (non-hydrogen) atoms. The molecule has 0 spiro atoms. The van der Waals surface area contributed by atoms with Crippen LogP contribution in [0.1, 0.15) is 69.0 Å². The summed E-state index contributed by atoms with van der Waals surface area (Å²) >= 11 is 2.91. The van der Waals surface area contributed by atoms with Gasteiger partial charge in [-0.25, -0.2) is 0 Å². The van der Waals surface area contributed by atoms with Crippen LogP contribution in [0.2, 0.25) is 0 Å². The number of aromatic nitrogens is 5. The van der Waals surface area contributed by atoms with Crippen molar-refractivity contribution in [3.8, 4) is 0 Å². The summed E-state index contributed by atoms with van der Waals surface area (Å²) in [6.45, 7) is 10.7. The minimum atomic E-state index is -0.750. The summed E-state index contributed by atoms with van der Waals surface area (Å²) in [5.74, 6) is 0.256. The topological polar surface area (TPSA) is 103 Å². The molecule has 2 atom stereocenters. The highest BCUT2D eigenvalue weighted by molar-refractivity contribution is 7.18. The van der Waals surface area contributed by atoms with E-state index >= 15 is 0 Å². The summed E-state index contributed by atoms with van der Waals surface area (Å²) < 4.78 is 1.24. The smallest absolute Gasteiger partial charge is 0.279 e. The Morgan fingerprint density at radius 1 is 1.23 bits per heavy atom. The molecule has 3 aromatic heterocycles. The van der Waals surface area contributed by atoms with Gasteiger partial charge >= 0.3 is 0 Å². The summed E-state index contributed by atoms with van der Waals surface area (Å²) in [7, 11) is 0. The van der Waals surface area contributed by atoms with Crippen molar-refractivity contribution in [3.05, 3.63) is 25.8 Å². The molecule has 10 heteroatoms. The van der Waals surface area contributed by atoms with Crippen LogP contribution in [-0.2, 0) is 24.1 Å². The van der Waals surface area contributed by atoms with E-state index in [1.807, 2.05) is 13.8 Å². The zero-order chi connectivity index (χ0) is 22.3. The van der Waals surface area contributed by atoms with Crippen LogP contribution in [0.25, 0.3) is 10.2 Å². The quantitative estimate of drug-likeness (QED) is 0.617. The molecule has 1 N–H and O–H groups in total. The fraction of sp³-hybridized carbons (Fsp3) is 0.619. The molecule has 8 nitrogen and oxygen atoms in total. The largest absolute Gasteiger partial charge is 0.299 e. The van der Waals surface area contributed by atoms with Gasteiger partial charge < -0.3 is 0 Å². The van der Waals surface area contributed by atoms with E-state index in [4.69, 9.17) is 0 Å². The van der Waals surface area contributed by atoms with Gasteiger partial charge in [-0.3, -0.25) is 14.9 Å². The van der Waals surface area contributed by atoms with Gasteiger partial charge in [0.05, 0.1) is 5.39 Å². The van der Waals surface area contributed by atoms with Gasteiger partial charge in [-0.2, -0.15) is 4.68 Å². The minimum absolute atomic E-state index is 0.230. The second kappa shape index (κ2) is 8.38. The Hall–Kier alpha value is -2.20. The molecule has 0 bridgehead atoms. The van der Waals surface area contributed by atoms with Gasteiger partial charge in [0.25, 0.3) is 11.5 Å². The average Bonchev–Trinajstić information content (AvgIpc) is 3.33. The lowest BCUT2D eigenvalue weighted by molar-refractivity contribution is -0.119. The number of thiophene rings is 1. The summed E-state index contributed by atoms with van der Waals surface area (Å²) in [5, 5.41) is 21.2. The van der Waals surface area contributed by atoms with Crippen molar-refractivity contribution in [2.75, 3.05) is 5.32 Å². The van der Waals surface area contributed by atoms with Gasteiger partial charge in [0.15, 0.2) is 4.83 Å². The van der Waals surface area contributed by atoms with Crippen molar-refractivity contribution < 1.29 is 4.79 Å². The first-order valence-corrected chi connectivity index (χ1v) is 12.4. The number of hydrogen-bond acceptors (Lipinski definition) is 8. The minimum Gasteiger partial charge on any atom is -0.299 e. The zero-order valence-corrected chi connectivity index (χ0v) is 20.2. The molecular weight excluding hydrogens is 432 g/mol. The van der Waals surface area contributed by atoms with Gasteiger partial charge in [0, 0.05) is 4.88 Å². The Labute approximate surface area is 189 Å². The maximum atomic E-state index is 13.4. The Balaban J connectivity index is 1.67. The summed E-state index contributed by atoms with van der Waals surface area (Å²) in [6, 6.07) is -0.750. The normalized spacial score (nSPS) is 17.5. The Kier molecular flexibility index (Phi) is 5.95. The molecule has 1 aliphatic carbocycles. The van der Waals surface area contributed by atoms with Gasteiger partial charge in [-0.15, -0.1) is 26.6 Å². The molecule has 4 rings (SSSR count). The molecule has 0 saturated carbocycles. The van der Waals surface area contributed by atoms with Crippen molar-refractivity contribution >= 4 is 43.9 Å². The molecule has 0 radical (unpaired) electrons. The predicted octanol–water partition coefficient (Wildman–Crippen LogP) is 4.01. The van der Waals surface area contributed by atoms with Crippen LogP contribution in [-0.4, -0.2) is 31.1 Å². The van der Waals surface area contributed by atoms with E-state index in [2.05, 4.69) is 46.6 Å². The molecule has 0 saturated heterocycles. The van der Waals surface area contributed by atoms with Crippen LogP contribution >= 0.6 is 22.7 Å². The number of fused-ring (bicyclic) bond motifs is 3. The number of hydrogen-bond donors (Lipinski definition) is 1. The van der Waals surface area contributed by atoms with Crippen LogP contribution < -0.4 is 10.9 Å². The first-order chi connectivity index (χ1) is 14.7. The summed E-state index contributed by atoms with van der Waals surface area (Å²) in [6.07, 6.45) is 4.06. The first-order valence-electron chi connectivity index (χ1n) is 10.8. The van der Waals surface area contributed by atoms with Crippen LogP contribution in [0.15, 0.2) is 4.79 Å². The number of aryl methyl sites for hydroxylation is 2. The fourth-order valence-electron chi connectivity index (χ4n) is 4.15. The van der Waals surface area contributed by atoms with Crippen molar-refractivity contribution in [1.82, 2.24) is 25.2 Å². The number of nitrogens with zero attached hydrogens (tertiary/aromatic N) is 5. The van der Waals surface area contributed by atoms with Crippen LogP contribution in [0.3, 0.4) is 0 Å². The third-order valence-corrected chi connectivity index (χ3v) is 8.23. The number of carbonyl (C=O) groups is 1. The number of anilines is 1. The third kappa shape index (κ3) is 4.15. The van der Waals surface area contributed by atoms with E-state index in [1.54, 1.807) is 11.3 Å². The predicted molar refractivity (Wildman–Crippen MR) is 124 cm³/mol. The highest BCUT2D eigenvalue weighted by Gasteiger charge is 2.33. The lowest BCUT2D eigenvalue weighted by atomic mass is 9.72. The molecule has 2 unspecified atom stereocenters. The monoisotopic (exact) mass is 460 g/mol. The molecule has 0 fully saturated rings. The van der Waals surface area contributed by atoms with Crippen molar-refractivity contribution in [2.45, 2.75) is 72.8 Å². The molecule has 1 aliphatic rings. The Morgan fingerprint density at radius 3 is 2.65 bits per heavy atom. The van der Waals surface area contributed by atoms with Crippen LogP contribution in [0.5, 0.6) is 0 Å². The van der Waals surface area contributed by atoms with Gasteiger partial charge in [-0.05, 0) is 49.0 Å². The highest BCUT2D eigenvalue weighted by Crippen LogP contribution is 2.41. The van der Waals surface area contributed by atoms with Crippen molar-refractivity contribution in [3.63, 3.8) is 0 Å².